The van der Waals surface area contributed by atoms with Gasteiger partial charge in [0.05, 0.1) is 10.5 Å². The molecule has 1 saturated heterocycles. The summed E-state index contributed by atoms with van der Waals surface area (Å²) in [6.45, 7) is 7.66. The first kappa shape index (κ1) is 22.7. The molecule has 0 bridgehead atoms. The number of carbonyl (C=O) groups excluding carboxylic acids is 1. The minimum atomic E-state index is -3.65. The van der Waals surface area contributed by atoms with E-state index in [4.69, 9.17) is 0 Å². The van der Waals surface area contributed by atoms with Gasteiger partial charge in [0, 0.05) is 43.5 Å². The fourth-order valence-electron chi connectivity index (χ4n) is 3.49. The normalized spacial score (nSPS) is 15.3. The number of sulfonamides is 1. The van der Waals surface area contributed by atoms with Gasteiger partial charge < -0.3 is 9.80 Å². The van der Waals surface area contributed by atoms with Crippen molar-refractivity contribution >= 4 is 21.7 Å². The van der Waals surface area contributed by atoms with Crippen LogP contribution in [0.15, 0.2) is 47.5 Å². The van der Waals surface area contributed by atoms with E-state index in [1.165, 1.54) is 12.1 Å². The molecule has 0 radical (unpaired) electrons. The molecule has 9 heteroatoms. The predicted molar refractivity (Wildman–Crippen MR) is 118 cm³/mol. The number of carbonyl (C=O) groups is 1. The Morgan fingerprint density at radius 2 is 1.81 bits per heavy atom. The molecule has 1 aliphatic heterocycles. The first-order valence-electron chi connectivity index (χ1n) is 10.1. The highest BCUT2D eigenvalue weighted by Gasteiger charge is 2.24. The zero-order chi connectivity index (χ0) is 22.6. The number of amides is 1. The summed E-state index contributed by atoms with van der Waals surface area (Å²) in [5.41, 5.74) is 0.367. The predicted octanol–water partition coefficient (Wildman–Crippen LogP) is 2.38. The second-order valence-electron chi connectivity index (χ2n) is 8.50. The van der Waals surface area contributed by atoms with Crippen LogP contribution in [-0.4, -0.2) is 55.9 Å². The minimum Gasteiger partial charge on any atom is -0.354 e. The lowest BCUT2D eigenvalue weighted by molar-refractivity contribution is 0.0767. The second-order valence-corrected chi connectivity index (χ2v) is 10.2. The summed E-state index contributed by atoms with van der Waals surface area (Å²) in [6, 6.07) is 11.6. The molecule has 0 atom stereocenters. The van der Waals surface area contributed by atoms with Crippen molar-refractivity contribution < 1.29 is 13.2 Å². The van der Waals surface area contributed by atoms with Gasteiger partial charge in [-0.2, -0.15) is 5.26 Å². The fourth-order valence-corrected chi connectivity index (χ4v) is 4.91. The Kier molecular flexibility index (Phi) is 6.62. The zero-order valence-corrected chi connectivity index (χ0v) is 18.8. The first-order chi connectivity index (χ1) is 14.6. The Morgan fingerprint density at radius 3 is 2.45 bits per heavy atom. The highest BCUT2D eigenvalue weighted by atomic mass is 32.2. The van der Waals surface area contributed by atoms with E-state index < -0.39 is 15.6 Å². The van der Waals surface area contributed by atoms with Crippen molar-refractivity contribution in [2.24, 2.45) is 0 Å². The molecular formula is C22H27N5O3S. The van der Waals surface area contributed by atoms with Gasteiger partial charge in [0.25, 0.3) is 5.91 Å². The third kappa shape index (κ3) is 5.60. The maximum absolute atomic E-state index is 13.0. The van der Waals surface area contributed by atoms with Gasteiger partial charge in [-0.3, -0.25) is 4.79 Å². The number of anilines is 1. The van der Waals surface area contributed by atoms with Crippen LogP contribution in [0.3, 0.4) is 0 Å². The lowest BCUT2D eigenvalue weighted by atomic mass is 10.1. The Bertz CT molecular complexity index is 1090. The largest absolute Gasteiger partial charge is 0.354 e. The average Bonchev–Trinajstić information content (AvgIpc) is 2.98. The van der Waals surface area contributed by atoms with Gasteiger partial charge in [0.15, 0.2) is 0 Å². The third-order valence-corrected chi connectivity index (χ3v) is 6.62. The van der Waals surface area contributed by atoms with Crippen molar-refractivity contribution in [2.45, 2.75) is 37.6 Å². The van der Waals surface area contributed by atoms with Crippen molar-refractivity contribution in [1.82, 2.24) is 14.6 Å². The monoisotopic (exact) mass is 441 g/mol. The summed E-state index contributed by atoms with van der Waals surface area (Å²) in [6.07, 6.45) is 2.41. The number of hydrogen-bond donors (Lipinski definition) is 1. The molecule has 8 nitrogen and oxygen atoms in total. The van der Waals surface area contributed by atoms with Crippen LogP contribution in [0, 0.1) is 11.3 Å². The number of nitriles is 1. The van der Waals surface area contributed by atoms with Crippen LogP contribution in [0.4, 0.5) is 5.82 Å². The van der Waals surface area contributed by atoms with Crippen LogP contribution < -0.4 is 9.62 Å². The molecule has 1 aromatic carbocycles. The molecule has 1 aliphatic rings. The van der Waals surface area contributed by atoms with E-state index >= 15 is 0 Å². The second kappa shape index (κ2) is 9.04. The summed E-state index contributed by atoms with van der Waals surface area (Å²) < 4.78 is 27.5. The third-order valence-electron chi connectivity index (χ3n) is 4.84. The molecular weight excluding hydrogens is 414 g/mol. The number of hydrogen-bond acceptors (Lipinski definition) is 6. The number of benzene rings is 1. The van der Waals surface area contributed by atoms with E-state index in [0.29, 0.717) is 43.1 Å². The summed E-state index contributed by atoms with van der Waals surface area (Å²) >= 11 is 0. The molecule has 0 aliphatic carbocycles. The number of nitrogens with one attached hydrogen (secondary N) is 1. The van der Waals surface area contributed by atoms with Crippen molar-refractivity contribution in [3.8, 4) is 6.07 Å². The van der Waals surface area contributed by atoms with Gasteiger partial charge in [-0.25, -0.2) is 18.1 Å². The Labute approximate surface area is 183 Å². The molecule has 1 N–H and O–H groups in total. The Balaban J connectivity index is 1.70. The fraction of sp³-hybridized carbons (Fsp3) is 0.409. The number of nitrogens with zero attached hydrogens (tertiary/aromatic N) is 4. The minimum absolute atomic E-state index is 0.125. The molecule has 1 aromatic heterocycles. The van der Waals surface area contributed by atoms with E-state index in [2.05, 4.69) is 15.8 Å². The molecule has 0 unspecified atom stereocenters. The van der Waals surface area contributed by atoms with Crippen LogP contribution in [0.2, 0.25) is 0 Å². The lowest BCUT2D eigenvalue weighted by Gasteiger charge is -2.23. The number of rotatable bonds is 4. The first-order valence-corrected chi connectivity index (χ1v) is 11.6. The highest BCUT2D eigenvalue weighted by molar-refractivity contribution is 7.89. The van der Waals surface area contributed by atoms with Gasteiger partial charge in [0.2, 0.25) is 10.0 Å². The van der Waals surface area contributed by atoms with Gasteiger partial charge in [-0.15, -0.1) is 0 Å². The maximum atomic E-state index is 13.0. The number of pyridine rings is 1. The van der Waals surface area contributed by atoms with Gasteiger partial charge in [-0.05, 0) is 63.6 Å². The summed E-state index contributed by atoms with van der Waals surface area (Å²) in [5.74, 6) is 0.497. The zero-order valence-electron chi connectivity index (χ0n) is 18.0. The van der Waals surface area contributed by atoms with E-state index in [1.807, 2.05) is 4.90 Å². The standard InChI is InChI=1S/C22H27N5O3S/c1-22(2,3)25-31(29,30)19-9-7-17(8-10-19)21(28)27-13-5-12-26(14-15-27)20-18(16-23)6-4-11-24-20/h4,6-11,25H,5,12-15H2,1-3H3. The van der Waals surface area contributed by atoms with E-state index in [-0.39, 0.29) is 10.8 Å². The average molecular weight is 442 g/mol. The van der Waals surface area contributed by atoms with Gasteiger partial charge in [0.1, 0.15) is 11.9 Å². The molecule has 1 amide bonds. The number of aromatic nitrogens is 1. The molecule has 2 heterocycles. The van der Waals surface area contributed by atoms with Crippen LogP contribution in [0.5, 0.6) is 0 Å². The van der Waals surface area contributed by atoms with Gasteiger partial charge >= 0.3 is 0 Å². The topological polar surface area (TPSA) is 106 Å². The quantitative estimate of drug-likeness (QED) is 0.781. The SMILES string of the molecule is CC(C)(C)NS(=O)(=O)c1ccc(C(=O)N2CCCN(c3ncccc3C#N)CC2)cc1. The van der Waals surface area contributed by atoms with Crippen LogP contribution in [-0.2, 0) is 10.0 Å². The highest BCUT2D eigenvalue weighted by Crippen LogP contribution is 2.20. The molecule has 3 rings (SSSR count). The van der Waals surface area contributed by atoms with Crippen molar-refractivity contribution in [2.75, 3.05) is 31.1 Å². The molecule has 0 saturated carbocycles. The molecule has 164 valence electrons. The van der Waals surface area contributed by atoms with Gasteiger partial charge in [-0.1, -0.05) is 0 Å². The van der Waals surface area contributed by atoms with Crippen molar-refractivity contribution in [1.29, 1.82) is 5.26 Å². The summed E-state index contributed by atoms with van der Waals surface area (Å²) in [5, 5.41) is 9.32. The molecule has 1 fully saturated rings. The smallest absolute Gasteiger partial charge is 0.253 e. The van der Waals surface area contributed by atoms with Crippen LogP contribution in [0.25, 0.3) is 0 Å². The van der Waals surface area contributed by atoms with Crippen LogP contribution >= 0.6 is 0 Å². The van der Waals surface area contributed by atoms with Crippen molar-refractivity contribution in [3.05, 3.63) is 53.7 Å². The lowest BCUT2D eigenvalue weighted by Crippen LogP contribution is -2.40. The van der Waals surface area contributed by atoms with Crippen molar-refractivity contribution in [3.63, 3.8) is 0 Å². The maximum Gasteiger partial charge on any atom is 0.253 e. The summed E-state index contributed by atoms with van der Waals surface area (Å²) in [7, 11) is -3.65. The molecule has 31 heavy (non-hydrogen) atoms. The Morgan fingerprint density at radius 1 is 1.10 bits per heavy atom. The van der Waals surface area contributed by atoms with E-state index in [1.54, 1.807) is 56.1 Å². The van der Waals surface area contributed by atoms with E-state index in [0.717, 1.165) is 6.42 Å². The molecule has 2 aromatic rings. The molecule has 0 spiro atoms. The van der Waals surface area contributed by atoms with E-state index in [9.17, 15) is 18.5 Å². The summed E-state index contributed by atoms with van der Waals surface area (Å²) in [4.78, 5) is 21.2. The Hall–Kier alpha value is -2.96. The van der Waals surface area contributed by atoms with Crippen LogP contribution in [0.1, 0.15) is 43.1 Å².